The predicted octanol–water partition coefficient (Wildman–Crippen LogP) is 0.553. The highest BCUT2D eigenvalue weighted by molar-refractivity contribution is 7.89. The number of carboxylic acids is 1. The van der Waals surface area contributed by atoms with Crippen molar-refractivity contribution in [2.75, 3.05) is 26.3 Å². The summed E-state index contributed by atoms with van der Waals surface area (Å²) in [5, 5.41) is 8.82. The quantitative estimate of drug-likeness (QED) is 0.876. The molecule has 3 rings (SSSR count). The second-order valence-electron chi connectivity index (χ2n) is 5.02. The Morgan fingerprint density at radius 1 is 1.19 bits per heavy atom. The van der Waals surface area contributed by atoms with E-state index in [0.29, 0.717) is 24.7 Å². The molecule has 1 aromatic carbocycles. The van der Waals surface area contributed by atoms with Crippen LogP contribution in [0.25, 0.3) is 0 Å². The largest absolute Gasteiger partial charge is 0.490 e. The summed E-state index contributed by atoms with van der Waals surface area (Å²) in [6.07, 6.45) is 0.739. The monoisotopic (exact) mass is 313 g/mol. The molecule has 0 bridgehead atoms. The fourth-order valence-corrected chi connectivity index (χ4v) is 3.79. The average Bonchev–Trinajstić information content (AvgIpc) is 2.60. The van der Waals surface area contributed by atoms with Gasteiger partial charge >= 0.3 is 5.97 Å². The smallest absolute Gasteiger partial charge is 0.309 e. The third kappa shape index (κ3) is 2.56. The SMILES string of the molecule is O=C(O)C1CN(S(=O)(=O)c2ccc3c(c2)OCCCO3)C1. The van der Waals surface area contributed by atoms with E-state index in [1.807, 2.05) is 0 Å². The highest BCUT2D eigenvalue weighted by atomic mass is 32.2. The normalized spacial score (nSPS) is 19.6. The topological polar surface area (TPSA) is 93.1 Å². The number of fused-ring (bicyclic) bond motifs is 1. The van der Waals surface area contributed by atoms with Crippen LogP contribution >= 0.6 is 0 Å². The van der Waals surface area contributed by atoms with Gasteiger partial charge in [-0.05, 0) is 12.1 Å². The van der Waals surface area contributed by atoms with Gasteiger partial charge in [0.25, 0.3) is 0 Å². The van der Waals surface area contributed by atoms with Crippen molar-refractivity contribution in [2.24, 2.45) is 5.92 Å². The van der Waals surface area contributed by atoms with Crippen LogP contribution in [0.4, 0.5) is 0 Å². The number of benzene rings is 1. The van der Waals surface area contributed by atoms with Crippen molar-refractivity contribution in [3.63, 3.8) is 0 Å². The van der Waals surface area contributed by atoms with Gasteiger partial charge in [-0.1, -0.05) is 0 Å². The molecule has 0 unspecified atom stereocenters. The van der Waals surface area contributed by atoms with Crippen molar-refractivity contribution < 1.29 is 27.8 Å². The van der Waals surface area contributed by atoms with Gasteiger partial charge < -0.3 is 14.6 Å². The Balaban J connectivity index is 1.83. The fraction of sp³-hybridized carbons (Fsp3) is 0.462. The zero-order valence-corrected chi connectivity index (χ0v) is 12.0. The average molecular weight is 313 g/mol. The number of carbonyl (C=O) groups is 1. The summed E-state index contributed by atoms with van der Waals surface area (Å²) in [6.45, 7) is 1.02. The minimum absolute atomic E-state index is 0.00606. The molecule has 21 heavy (non-hydrogen) atoms. The molecule has 8 heteroatoms. The van der Waals surface area contributed by atoms with Crippen LogP contribution in [0.2, 0.25) is 0 Å². The standard InChI is InChI=1S/C13H15NO6S/c15-13(16)9-7-14(8-9)21(17,18)10-2-3-11-12(6-10)20-5-1-4-19-11/h2-3,6,9H,1,4-5,7-8H2,(H,15,16). The van der Waals surface area contributed by atoms with E-state index in [1.165, 1.54) is 12.1 Å². The van der Waals surface area contributed by atoms with Crippen molar-refractivity contribution in [3.8, 4) is 11.5 Å². The number of sulfonamides is 1. The van der Waals surface area contributed by atoms with Crippen LogP contribution in [0.5, 0.6) is 11.5 Å². The minimum atomic E-state index is -3.68. The molecule has 0 saturated carbocycles. The Kier molecular flexibility index (Phi) is 3.50. The Hall–Kier alpha value is -1.80. The van der Waals surface area contributed by atoms with E-state index in [9.17, 15) is 13.2 Å². The molecule has 0 atom stereocenters. The van der Waals surface area contributed by atoms with Gasteiger partial charge in [0.15, 0.2) is 11.5 Å². The summed E-state index contributed by atoms with van der Waals surface area (Å²) in [4.78, 5) is 10.9. The van der Waals surface area contributed by atoms with E-state index >= 15 is 0 Å². The van der Waals surface area contributed by atoms with Crippen LogP contribution in [0, 0.1) is 5.92 Å². The molecule has 2 heterocycles. The minimum Gasteiger partial charge on any atom is -0.490 e. The van der Waals surface area contributed by atoms with Crippen molar-refractivity contribution in [1.29, 1.82) is 0 Å². The Morgan fingerprint density at radius 2 is 1.86 bits per heavy atom. The molecule has 0 spiro atoms. The molecule has 0 aliphatic carbocycles. The lowest BCUT2D eigenvalue weighted by Crippen LogP contribution is -2.52. The molecule has 0 aromatic heterocycles. The van der Waals surface area contributed by atoms with E-state index in [0.717, 1.165) is 10.7 Å². The zero-order valence-electron chi connectivity index (χ0n) is 11.2. The van der Waals surface area contributed by atoms with Gasteiger partial charge in [0, 0.05) is 25.6 Å². The number of hydrogen-bond donors (Lipinski definition) is 1. The van der Waals surface area contributed by atoms with E-state index < -0.39 is 21.9 Å². The summed E-state index contributed by atoms with van der Waals surface area (Å²) in [5.74, 6) is -0.664. The van der Waals surface area contributed by atoms with Crippen LogP contribution in [0.1, 0.15) is 6.42 Å². The molecular formula is C13H15NO6S. The van der Waals surface area contributed by atoms with Gasteiger partial charge in [0.2, 0.25) is 10.0 Å². The van der Waals surface area contributed by atoms with E-state index in [-0.39, 0.29) is 18.0 Å². The van der Waals surface area contributed by atoms with Crippen LogP contribution < -0.4 is 9.47 Å². The van der Waals surface area contributed by atoms with Gasteiger partial charge in [0.1, 0.15) is 0 Å². The van der Waals surface area contributed by atoms with Crippen molar-refractivity contribution in [3.05, 3.63) is 18.2 Å². The van der Waals surface area contributed by atoms with Gasteiger partial charge in [-0.25, -0.2) is 8.42 Å². The molecule has 2 aliphatic rings. The van der Waals surface area contributed by atoms with Crippen LogP contribution in [-0.2, 0) is 14.8 Å². The summed E-state index contributed by atoms with van der Waals surface area (Å²) in [6, 6.07) is 4.46. The van der Waals surface area contributed by atoms with Gasteiger partial charge in [-0.2, -0.15) is 4.31 Å². The third-order valence-electron chi connectivity index (χ3n) is 3.55. The lowest BCUT2D eigenvalue weighted by molar-refractivity contribution is -0.145. The maximum absolute atomic E-state index is 12.4. The van der Waals surface area contributed by atoms with E-state index in [2.05, 4.69) is 0 Å². The van der Waals surface area contributed by atoms with Gasteiger partial charge in [-0.3, -0.25) is 4.79 Å². The summed E-state index contributed by atoms with van der Waals surface area (Å²) in [5.41, 5.74) is 0. The second kappa shape index (κ2) is 5.19. The van der Waals surface area contributed by atoms with Crippen molar-refractivity contribution in [1.82, 2.24) is 4.31 Å². The first kappa shape index (κ1) is 14.2. The van der Waals surface area contributed by atoms with Crippen LogP contribution in [0.15, 0.2) is 23.1 Å². The van der Waals surface area contributed by atoms with Crippen LogP contribution in [0.3, 0.4) is 0 Å². The number of hydrogen-bond acceptors (Lipinski definition) is 5. The summed E-state index contributed by atoms with van der Waals surface area (Å²) < 4.78 is 36.9. The van der Waals surface area contributed by atoms with Crippen molar-refractivity contribution in [2.45, 2.75) is 11.3 Å². The Bertz CT molecular complexity index is 665. The predicted molar refractivity (Wildman–Crippen MR) is 71.9 cm³/mol. The highest BCUT2D eigenvalue weighted by Gasteiger charge is 2.40. The number of aliphatic carboxylic acids is 1. The molecule has 0 radical (unpaired) electrons. The first-order valence-electron chi connectivity index (χ1n) is 6.61. The number of carboxylic acid groups (broad SMARTS) is 1. The third-order valence-corrected chi connectivity index (χ3v) is 5.38. The number of rotatable bonds is 3. The molecule has 1 fully saturated rings. The molecule has 2 aliphatic heterocycles. The lowest BCUT2D eigenvalue weighted by Gasteiger charge is -2.35. The summed E-state index contributed by atoms with van der Waals surface area (Å²) in [7, 11) is -3.68. The molecule has 114 valence electrons. The summed E-state index contributed by atoms with van der Waals surface area (Å²) >= 11 is 0. The highest BCUT2D eigenvalue weighted by Crippen LogP contribution is 2.34. The lowest BCUT2D eigenvalue weighted by atomic mass is 10.0. The number of nitrogens with zero attached hydrogens (tertiary/aromatic N) is 1. The first-order chi connectivity index (χ1) is 9.98. The molecule has 7 nitrogen and oxygen atoms in total. The van der Waals surface area contributed by atoms with Gasteiger partial charge in [0.05, 0.1) is 24.0 Å². The number of ether oxygens (including phenoxy) is 2. The second-order valence-corrected chi connectivity index (χ2v) is 6.95. The van der Waals surface area contributed by atoms with Crippen molar-refractivity contribution >= 4 is 16.0 Å². The zero-order chi connectivity index (χ0) is 15.0. The Labute approximate surface area is 122 Å². The van der Waals surface area contributed by atoms with E-state index in [4.69, 9.17) is 14.6 Å². The molecule has 1 N–H and O–H groups in total. The Morgan fingerprint density at radius 3 is 2.52 bits per heavy atom. The fourth-order valence-electron chi connectivity index (χ4n) is 2.24. The molecule has 1 saturated heterocycles. The molecular weight excluding hydrogens is 298 g/mol. The molecule has 1 aromatic rings. The van der Waals surface area contributed by atoms with E-state index in [1.54, 1.807) is 6.07 Å². The van der Waals surface area contributed by atoms with Crippen LogP contribution in [-0.4, -0.2) is 50.1 Å². The first-order valence-corrected chi connectivity index (χ1v) is 8.05. The maximum Gasteiger partial charge on any atom is 0.309 e. The molecule has 0 amide bonds. The maximum atomic E-state index is 12.4. The van der Waals surface area contributed by atoms with Gasteiger partial charge in [-0.15, -0.1) is 0 Å².